The molecule has 2 nitrogen and oxygen atoms in total. The quantitative estimate of drug-likeness (QED) is 0.674. The highest BCUT2D eigenvalue weighted by Gasteiger charge is 2.51. The second-order valence-electron chi connectivity index (χ2n) is 4.56. The van der Waals surface area contributed by atoms with Gasteiger partial charge in [0.25, 0.3) is 0 Å². The van der Waals surface area contributed by atoms with Gasteiger partial charge in [0.15, 0.2) is 0 Å². The molecule has 1 spiro atoms. The van der Waals surface area contributed by atoms with Gasteiger partial charge >= 0.3 is 0 Å². The van der Waals surface area contributed by atoms with Crippen molar-refractivity contribution in [2.24, 2.45) is 0 Å². The van der Waals surface area contributed by atoms with Crippen molar-refractivity contribution in [1.29, 1.82) is 0 Å². The molecule has 1 heterocycles. The average molecular weight is 187 g/mol. The summed E-state index contributed by atoms with van der Waals surface area (Å²) in [6, 6.07) is 0. The van der Waals surface area contributed by atoms with E-state index in [-0.39, 0.29) is 0 Å². The number of thioether (sulfide) groups is 1. The number of nitrogens with one attached hydrogen (secondary N) is 1. The molecule has 0 aromatic carbocycles. The van der Waals surface area contributed by atoms with Crippen molar-refractivity contribution in [3.05, 3.63) is 0 Å². The Kier molecular flexibility index (Phi) is 1.94. The largest absolute Gasteiger partial charge is 0.381 e. The molecule has 0 radical (unpaired) electrons. The Labute approximate surface area is 78.4 Å². The monoisotopic (exact) mass is 187 g/mol. The summed E-state index contributed by atoms with van der Waals surface area (Å²) in [7, 11) is 1.81. The Balaban J connectivity index is 1.93. The van der Waals surface area contributed by atoms with Crippen LogP contribution in [0.25, 0.3) is 0 Å². The Morgan fingerprint density at radius 2 is 2.08 bits per heavy atom. The van der Waals surface area contributed by atoms with E-state index in [1.807, 2.05) is 7.11 Å². The predicted molar refractivity (Wildman–Crippen MR) is 52.4 cm³/mol. The molecule has 1 aliphatic heterocycles. The van der Waals surface area contributed by atoms with Crippen LogP contribution >= 0.6 is 11.8 Å². The van der Waals surface area contributed by atoms with Gasteiger partial charge in [-0.2, -0.15) is 0 Å². The van der Waals surface area contributed by atoms with Gasteiger partial charge in [0.2, 0.25) is 0 Å². The fourth-order valence-corrected chi connectivity index (χ4v) is 3.74. The van der Waals surface area contributed by atoms with Gasteiger partial charge in [-0.15, -0.1) is 11.8 Å². The molecule has 0 unspecified atom stereocenters. The van der Waals surface area contributed by atoms with Gasteiger partial charge in [0.1, 0.15) is 0 Å². The molecule has 2 fully saturated rings. The summed E-state index contributed by atoms with van der Waals surface area (Å²) in [5.74, 6) is 1.23. The van der Waals surface area contributed by atoms with Crippen LogP contribution in [-0.4, -0.2) is 29.4 Å². The first kappa shape index (κ1) is 8.85. The van der Waals surface area contributed by atoms with Crippen LogP contribution in [0.15, 0.2) is 0 Å². The van der Waals surface area contributed by atoms with E-state index >= 15 is 0 Å². The molecule has 0 bridgehead atoms. The molecular weight excluding hydrogens is 170 g/mol. The summed E-state index contributed by atoms with van der Waals surface area (Å²) in [4.78, 5) is 0.365. The highest BCUT2D eigenvalue weighted by atomic mass is 32.2. The lowest BCUT2D eigenvalue weighted by Crippen LogP contribution is -2.57. The van der Waals surface area contributed by atoms with Gasteiger partial charge in [-0.1, -0.05) is 0 Å². The molecule has 1 saturated carbocycles. The topological polar surface area (TPSA) is 21.3 Å². The third-order valence-electron chi connectivity index (χ3n) is 2.72. The lowest BCUT2D eigenvalue weighted by molar-refractivity contribution is 0.00230. The average Bonchev–Trinajstić information content (AvgIpc) is 2.23. The standard InChI is InChI=1S/C9H17NOS/c1-8(2)6-12-9(10-8)4-7(5-9)11-3/h7,10H,4-6H2,1-3H3. The Bertz CT molecular complexity index is 187. The minimum Gasteiger partial charge on any atom is -0.381 e. The normalized spacial score (nSPS) is 44.8. The second kappa shape index (κ2) is 2.63. The van der Waals surface area contributed by atoms with Crippen LogP contribution in [0.1, 0.15) is 26.7 Å². The maximum atomic E-state index is 5.29. The summed E-state index contributed by atoms with van der Waals surface area (Å²) in [5, 5.41) is 3.69. The molecule has 0 aromatic heterocycles. The Morgan fingerprint density at radius 3 is 2.50 bits per heavy atom. The highest BCUT2D eigenvalue weighted by Crippen LogP contribution is 2.49. The van der Waals surface area contributed by atoms with Crippen molar-refractivity contribution in [3.63, 3.8) is 0 Å². The number of ether oxygens (including phenoxy) is 1. The zero-order chi connectivity index (χ0) is 8.82. The fraction of sp³-hybridized carbons (Fsp3) is 1.00. The molecule has 70 valence electrons. The smallest absolute Gasteiger partial charge is 0.0699 e. The van der Waals surface area contributed by atoms with Crippen molar-refractivity contribution >= 4 is 11.8 Å². The Hall–Kier alpha value is 0.270. The zero-order valence-electron chi connectivity index (χ0n) is 8.02. The van der Waals surface area contributed by atoms with E-state index in [2.05, 4.69) is 30.9 Å². The van der Waals surface area contributed by atoms with Gasteiger partial charge in [-0.05, 0) is 13.8 Å². The van der Waals surface area contributed by atoms with Gasteiger partial charge < -0.3 is 4.74 Å². The predicted octanol–water partition coefficient (Wildman–Crippen LogP) is 1.61. The molecular formula is C9H17NOS. The summed E-state index contributed by atoms with van der Waals surface area (Å²) >= 11 is 2.07. The first-order valence-electron chi connectivity index (χ1n) is 4.51. The van der Waals surface area contributed by atoms with Gasteiger partial charge in [-0.3, -0.25) is 5.32 Å². The second-order valence-corrected chi connectivity index (χ2v) is 5.92. The summed E-state index contributed by atoms with van der Waals surface area (Å²) in [6.45, 7) is 4.55. The van der Waals surface area contributed by atoms with Gasteiger partial charge in [0, 0.05) is 31.2 Å². The van der Waals surface area contributed by atoms with Crippen molar-refractivity contribution in [1.82, 2.24) is 5.32 Å². The third-order valence-corrected chi connectivity index (χ3v) is 4.58. The van der Waals surface area contributed by atoms with Crippen LogP contribution in [0, 0.1) is 0 Å². The lowest BCUT2D eigenvalue weighted by Gasteiger charge is -2.44. The Morgan fingerprint density at radius 1 is 1.42 bits per heavy atom. The van der Waals surface area contributed by atoms with Crippen LogP contribution in [0.4, 0.5) is 0 Å². The lowest BCUT2D eigenvalue weighted by atomic mass is 9.86. The van der Waals surface area contributed by atoms with E-state index < -0.39 is 0 Å². The van der Waals surface area contributed by atoms with Crippen molar-refractivity contribution < 1.29 is 4.74 Å². The SMILES string of the molecule is COC1CC2(C1)NC(C)(C)CS2. The maximum absolute atomic E-state index is 5.29. The molecule has 0 atom stereocenters. The molecule has 1 saturated heterocycles. The van der Waals surface area contributed by atoms with Crippen LogP contribution in [0.5, 0.6) is 0 Å². The minimum absolute atomic E-state index is 0.323. The molecule has 3 heteroatoms. The fourth-order valence-electron chi connectivity index (χ4n) is 2.07. The molecule has 1 aliphatic carbocycles. The zero-order valence-corrected chi connectivity index (χ0v) is 8.83. The van der Waals surface area contributed by atoms with E-state index in [4.69, 9.17) is 4.74 Å². The number of hydrogen-bond donors (Lipinski definition) is 1. The van der Waals surface area contributed by atoms with E-state index in [1.165, 1.54) is 18.6 Å². The van der Waals surface area contributed by atoms with Crippen LogP contribution in [0.3, 0.4) is 0 Å². The van der Waals surface area contributed by atoms with Crippen molar-refractivity contribution in [2.75, 3.05) is 12.9 Å². The first-order chi connectivity index (χ1) is 5.55. The highest BCUT2D eigenvalue weighted by molar-refractivity contribution is 8.01. The maximum Gasteiger partial charge on any atom is 0.0699 e. The molecule has 1 N–H and O–H groups in total. The molecule has 0 aromatic rings. The van der Waals surface area contributed by atoms with Gasteiger partial charge in [-0.25, -0.2) is 0 Å². The molecule has 0 amide bonds. The van der Waals surface area contributed by atoms with E-state index in [0.29, 0.717) is 16.5 Å². The van der Waals surface area contributed by atoms with E-state index in [9.17, 15) is 0 Å². The number of methoxy groups -OCH3 is 1. The van der Waals surface area contributed by atoms with Crippen LogP contribution in [0.2, 0.25) is 0 Å². The van der Waals surface area contributed by atoms with E-state index in [0.717, 1.165) is 0 Å². The number of hydrogen-bond acceptors (Lipinski definition) is 3. The van der Waals surface area contributed by atoms with Crippen molar-refractivity contribution in [3.8, 4) is 0 Å². The van der Waals surface area contributed by atoms with Gasteiger partial charge in [0.05, 0.1) is 11.0 Å². The first-order valence-corrected chi connectivity index (χ1v) is 5.50. The minimum atomic E-state index is 0.323. The van der Waals surface area contributed by atoms with Crippen LogP contribution in [-0.2, 0) is 4.74 Å². The summed E-state index contributed by atoms with van der Waals surface area (Å²) in [6.07, 6.45) is 2.86. The van der Waals surface area contributed by atoms with E-state index in [1.54, 1.807) is 0 Å². The molecule has 2 rings (SSSR count). The third kappa shape index (κ3) is 1.38. The molecule has 2 aliphatic rings. The van der Waals surface area contributed by atoms with Crippen LogP contribution < -0.4 is 5.32 Å². The summed E-state index contributed by atoms with van der Waals surface area (Å²) in [5.41, 5.74) is 0.323. The number of rotatable bonds is 1. The molecule has 12 heavy (non-hydrogen) atoms. The summed E-state index contributed by atoms with van der Waals surface area (Å²) < 4.78 is 5.29. The van der Waals surface area contributed by atoms with Crippen molar-refractivity contribution in [2.45, 2.75) is 43.2 Å².